The Balaban J connectivity index is 1.51. The van der Waals surface area contributed by atoms with Gasteiger partial charge in [-0.3, -0.25) is 14.4 Å². The molecule has 0 unspecified atom stereocenters. The second kappa shape index (κ2) is 8.72. The van der Waals surface area contributed by atoms with Crippen LogP contribution in [0.1, 0.15) is 40.7 Å². The van der Waals surface area contributed by atoms with E-state index in [1.165, 1.54) is 24.9 Å². The van der Waals surface area contributed by atoms with Gasteiger partial charge in [-0.15, -0.1) is 0 Å². The summed E-state index contributed by atoms with van der Waals surface area (Å²) in [6, 6.07) is 10.1. The number of hydrogen-bond donors (Lipinski definition) is 1. The molecule has 0 atom stereocenters. The van der Waals surface area contributed by atoms with E-state index in [2.05, 4.69) is 5.32 Å². The van der Waals surface area contributed by atoms with Crippen LogP contribution in [0.25, 0.3) is 11.3 Å². The Bertz CT molecular complexity index is 927. The van der Waals surface area contributed by atoms with Crippen molar-refractivity contribution < 1.29 is 28.3 Å². The van der Waals surface area contributed by atoms with Gasteiger partial charge < -0.3 is 19.4 Å². The average molecular weight is 398 g/mol. The smallest absolute Gasteiger partial charge is 0.374 e. The van der Waals surface area contributed by atoms with E-state index in [1.807, 2.05) is 0 Å². The van der Waals surface area contributed by atoms with E-state index in [4.69, 9.17) is 9.15 Å². The van der Waals surface area contributed by atoms with Crippen molar-refractivity contribution in [3.63, 3.8) is 0 Å². The molecule has 152 valence electrons. The van der Waals surface area contributed by atoms with Crippen molar-refractivity contribution in [3.8, 4) is 11.3 Å². The highest BCUT2D eigenvalue weighted by atomic mass is 16.5. The van der Waals surface area contributed by atoms with Gasteiger partial charge in [-0.25, -0.2) is 4.79 Å². The number of nitrogens with zero attached hydrogens (tertiary/aromatic N) is 1. The number of carbonyl (C=O) groups excluding carboxylic acids is 4. The van der Waals surface area contributed by atoms with Gasteiger partial charge in [0.1, 0.15) is 5.76 Å². The quantitative estimate of drug-likeness (QED) is 0.539. The number of ether oxygens (including phenoxy) is 1. The lowest BCUT2D eigenvalue weighted by Gasteiger charge is -2.16. The molecule has 1 fully saturated rings. The fourth-order valence-electron chi connectivity index (χ4n) is 2.59. The van der Waals surface area contributed by atoms with Crippen LogP contribution >= 0.6 is 0 Å². The summed E-state index contributed by atoms with van der Waals surface area (Å²) in [5, 5.41) is 2.78. The van der Waals surface area contributed by atoms with Crippen LogP contribution in [-0.2, 0) is 14.3 Å². The molecule has 1 aromatic carbocycles. The van der Waals surface area contributed by atoms with E-state index in [0.717, 1.165) is 12.8 Å². The highest BCUT2D eigenvalue weighted by Crippen LogP contribution is 2.23. The predicted molar refractivity (Wildman–Crippen MR) is 103 cm³/mol. The molecule has 2 aromatic rings. The minimum absolute atomic E-state index is 0.0417. The number of Topliss-reactive ketones (excluding diaryl/α,β-unsaturated/α-hetero) is 1. The lowest BCUT2D eigenvalue weighted by atomic mass is 10.1. The maximum atomic E-state index is 12.1. The predicted octanol–water partition coefficient (Wildman–Crippen LogP) is 2.04. The molecule has 1 aliphatic carbocycles. The zero-order valence-electron chi connectivity index (χ0n) is 16.3. The van der Waals surface area contributed by atoms with Crippen LogP contribution in [-0.4, -0.2) is 54.7 Å². The third-order valence-electron chi connectivity index (χ3n) is 4.46. The van der Waals surface area contributed by atoms with E-state index in [0.29, 0.717) is 16.9 Å². The summed E-state index contributed by atoms with van der Waals surface area (Å²) in [5.74, 6) is -1.15. The molecule has 0 bridgehead atoms. The van der Waals surface area contributed by atoms with Crippen LogP contribution in [0.2, 0.25) is 0 Å². The van der Waals surface area contributed by atoms with Gasteiger partial charge in [0.25, 0.3) is 5.91 Å². The second-order valence-corrected chi connectivity index (χ2v) is 6.97. The summed E-state index contributed by atoms with van der Waals surface area (Å²) < 4.78 is 10.5. The minimum atomic E-state index is -0.777. The molecule has 1 heterocycles. The normalized spacial score (nSPS) is 12.9. The molecule has 0 saturated heterocycles. The molecule has 1 aromatic heterocycles. The van der Waals surface area contributed by atoms with Gasteiger partial charge in [0.2, 0.25) is 11.7 Å². The Morgan fingerprint density at radius 3 is 2.41 bits per heavy atom. The first kappa shape index (κ1) is 20.3. The third-order valence-corrected chi connectivity index (χ3v) is 4.46. The summed E-state index contributed by atoms with van der Waals surface area (Å²) in [7, 11) is 1.47. The van der Waals surface area contributed by atoms with Gasteiger partial charge in [0.05, 0.1) is 6.54 Å². The average Bonchev–Trinajstić information content (AvgIpc) is 3.36. The monoisotopic (exact) mass is 398 g/mol. The van der Waals surface area contributed by atoms with Crippen LogP contribution in [0, 0.1) is 0 Å². The number of nitrogens with one attached hydrogen (secondary N) is 1. The lowest BCUT2D eigenvalue weighted by molar-refractivity contribution is -0.137. The van der Waals surface area contributed by atoms with Crippen molar-refractivity contribution in [1.82, 2.24) is 10.2 Å². The van der Waals surface area contributed by atoms with Crippen molar-refractivity contribution in [3.05, 3.63) is 47.7 Å². The number of amides is 2. The summed E-state index contributed by atoms with van der Waals surface area (Å²) in [6.07, 6.45) is 1.93. The van der Waals surface area contributed by atoms with E-state index in [-0.39, 0.29) is 30.0 Å². The molecule has 1 N–H and O–H groups in total. The standard InChI is InChI=1S/C21H22N2O6/c1-13(24)14-3-5-15(6-4-14)17-9-10-18(29-17)21(27)28-12-20(26)23(2)11-19(25)22-16-7-8-16/h3-6,9-10,16H,7-8,11-12H2,1-2H3,(H,22,25). The maximum Gasteiger partial charge on any atom is 0.374 e. The molecule has 8 nitrogen and oxygen atoms in total. The molecule has 1 saturated carbocycles. The number of ketones is 1. The Hall–Kier alpha value is -3.42. The van der Waals surface area contributed by atoms with Gasteiger partial charge in [-0.2, -0.15) is 0 Å². The highest BCUT2D eigenvalue weighted by molar-refractivity contribution is 5.94. The third kappa shape index (κ3) is 5.54. The Morgan fingerprint density at radius 1 is 1.10 bits per heavy atom. The van der Waals surface area contributed by atoms with E-state index in [1.54, 1.807) is 30.3 Å². The van der Waals surface area contributed by atoms with Crippen molar-refractivity contribution in [1.29, 1.82) is 0 Å². The molecule has 8 heteroatoms. The van der Waals surface area contributed by atoms with E-state index >= 15 is 0 Å². The number of benzene rings is 1. The first-order chi connectivity index (χ1) is 13.8. The summed E-state index contributed by atoms with van der Waals surface area (Å²) in [4.78, 5) is 48.4. The van der Waals surface area contributed by atoms with Crippen molar-refractivity contribution in [2.75, 3.05) is 20.2 Å². The summed E-state index contributed by atoms with van der Waals surface area (Å²) in [6.45, 7) is 0.900. The lowest BCUT2D eigenvalue weighted by Crippen LogP contribution is -2.40. The zero-order valence-corrected chi connectivity index (χ0v) is 16.3. The number of likely N-dealkylation sites (N-methyl/N-ethyl adjacent to an activating group) is 1. The molecule has 2 amide bonds. The van der Waals surface area contributed by atoms with Gasteiger partial charge in [0, 0.05) is 24.2 Å². The first-order valence-electron chi connectivity index (χ1n) is 9.25. The Kier molecular flexibility index (Phi) is 6.11. The molecule has 29 heavy (non-hydrogen) atoms. The number of rotatable bonds is 8. The van der Waals surface area contributed by atoms with Crippen LogP contribution in [0.5, 0.6) is 0 Å². The first-order valence-corrected chi connectivity index (χ1v) is 9.25. The minimum Gasteiger partial charge on any atom is -0.450 e. The Morgan fingerprint density at radius 2 is 1.79 bits per heavy atom. The van der Waals surface area contributed by atoms with Crippen LogP contribution < -0.4 is 5.32 Å². The Labute approximate surface area is 167 Å². The number of carbonyl (C=O) groups is 4. The fourth-order valence-corrected chi connectivity index (χ4v) is 2.59. The van der Waals surface area contributed by atoms with E-state index in [9.17, 15) is 19.2 Å². The highest BCUT2D eigenvalue weighted by Gasteiger charge is 2.24. The number of furan rings is 1. The second-order valence-electron chi connectivity index (χ2n) is 6.97. The molecule has 0 radical (unpaired) electrons. The van der Waals surface area contributed by atoms with Gasteiger partial charge in [-0.05, 0) is 31.9 Å². The number of hydrogen-bond acceptors (Lipinski definition) is 6. The molecule has 3 rings (SSSR count). The zero-order chi connectivity index (χ0) is 21.0. The maximum absolute atomic E-state index is 12.1. The SMILES string of the molecule is CC(=O)c1ccc(-c2ccc(C(=O)OCC(=O)N(C)CC(=O)NC3CC3)o2)cc1. The van der Waals surface area contributed by atoms with Gasteiger partial charge in [0.15, 0.2) is 12.4 Å². The van der Waals surface area contributed by atoms with Crippen LogP contribution in [0.3, 0.4) is 0 Å². The fraction of sp³-hybridized carbons (Fsp3) is 0.333. The van der Waals surface area contributed by atoms with Crippen molar-refractivity contribution >= 4 is 23.6 Å². The number of esters is 1. The van der Waals surface area contributed by atoms with Gasteiger partial charge >= 0.3 is 5.97 Å². The molecule has 0 aliphatic heterocycles. The topological polar surface area (TPSA) is 106 Å². The van der Waals surface area contributed by atoms with Crippen molar-refractivity contribution in [2.45, 2.75) is 25.8 Å². The molecular formula is C21H22N2O6. The molecular weight excluding hydrogens is 376 g/mol. The van der Waals surface area contributed by atoms with Crippen LogP contribution in [0.4, 0.5) is 0 Å². The van der Waals surface area contributed by atoms with Crippen LogP contribution in [0.15, 0.2) is 40.8 Å². The van der Waals surface area contributed by atoms with E-state index < -0.39 is 18.5 Å². The van der Waals surface area contributed by atoms with Gasteiger partial charge in [-0.1, -0.05) is 24.3 Å². The summed E-state index contributed by atoms with van der Waals surface area (Å²) in [5.41, 5.74) is 1.28. The summed E-state index contributed by atoms with van der Waals surface area (Å²) >= 11 is 0. The molecule has 0 spiro atoms. The van der Waals surface area contributed by atoms with Crippen molar-refractivity contribution in [2.24, 2.45) is 0 Å². The molecule has 1 aliphatic rings. The largest absolute Gasteiger partial charge is 0.450 e.